The van der Waals surface area contributed by atoms with Gasteiger partial charge in [-0.3, -0.25) is 9.36 Å². The first-order chi connectivity index (χ1) is 15.1. The summed E-state index contributed by atoms with van der Waals surface area (Å²) in [6, 6.07) is 20.9. The van der Waals surface area contributed by atoms with Gasteiger partial charge in [-0.25, -0.2) is 4.98 Å². The van der Waals surface area contributed by atoms with Crippen LogP contribution in [0.15, 0.2) is 78.1 Å². The van der Waals surface area contributed by atoms with Gasteiger partial charge in [-0.1, -0.05) is 65.3 Å². The number of pyridine rings is 1. The molecule has 4 aromatic rings. The Balaban J connectivity index is 1.55. The van der Waals surface area contributed by atoms with E-state index in [2.05, 4.69) is 20.5 Å². The lowest BCUT2D eigenvalue weighted by molar-refractivity contribution is -0.113. The van der Waals surface area contributed by atoms with Gasteiger partial charge < -0.3 is 5.32 Å². The van der Waals surface area contributed by atoms with Gasteiger partial charge in [0.25, 0.3) is 0 Å². The van der Waals surface area contributed by atoms with Crippen molar-refractivity contribution in [3.63, 3.8) is 0 Å². The molecule has 4 rings (SSSR count). The minimum atomic E-state index is -0.206. The standard InChI is InChI=1S/C22H17Cl2N5OS/c23-17-10-8-16(9-11-17)21-27-28-22(29(21)13-15-5-2-1-3-6-15)31-14-19(30)26-18-7-4-12-25-20(18)24/h1-12H,13-14H2,(H,26,30). The van der Waals surface area contributed by atoms with Gasteiger partial charge in [-0.2, -0.15) is 0 Å². The van der Waals surface area contributed by atoms with E-state index in [4.69, 9.17) is 23.2 Å². The SMILES string of the molecule is O=C(CSc1nnc(-c2ccc(Cl)cc2)n1Cc1ccccc1)Nc1cccnc1Cl. The number of rotatable bonds is 7. The second kappa shape index (κ2) is 9.96. The molecule has 6 nitrogen and oxygen atoms in total. The van der Waals surface area contributed by atoms with E-state index in [-0.39, 0.29) is 16.8 Å². The fraction of sp³-hybridized carbons (Fsp3) is 0.0909. The summed E-state index contributed by atoms with van der Waals surface area (Å²) in [5.74, 6) is 0.652. The number of hydrogen-bond acceptors (Lipinski definition) is 5. The van der Waals surface area contributed by atoms with Crippen LogP contribution in [0.4, 0.5) is 5.69 Å². The third-order valence-electron chi connectivity index (χ3n) is 4.37. The summed E-state index contributed by atoms with van der Waals surface area (Å²) in [7, 11) is 0. The quantitative estimate of drug-likeness (QED) is 0.288. The molecule has 0 saturated carbocycles. The molecule has 0 saturated heterocycles. The highest BCUT2D eigenvalue weighted by atomic mass is 35.5. The number of thioether (sulfide) groups is 1. The van der Waals surface area contributed by atoms with Crippen LogP contribution in [0.5, 0.6) is 0 Å². The monoisotopic (exact) mass is 469 g/mol. The first-order valence-electron chi connectivity index (χ1n) is 9.36. The Morgan fingerprint density at radius 3 is 2.48 bits per heavy atom. The van der Waals surface area contributed by atoms with Crippen LogP contribution >= 0.6 is 35.0 Å². The molecule has 0 bridgehead atoms. The highest BCUT2D eigenvalue weighted by Crippen LogP contribution is 2.27. The second-order valence-corrected chi connectivity index (χ2v) is 8.30. The van der Waals surface area contributed by atoms with Crippen molar-refractivity contribution in [2.75, 3.05) is 11.1 Å². The van der Waals surface area contributed by atoms with Gasteiger partial charge >= 0.3 is 0 Å². The van der Waals surface area contributed by atoms with Crippen LogP contribution in [0.25, 0.3) is 11.4 Å². The Morgan fingerprint density at radius 2 is 1.74 bits per heavy atom. The van der Waals surface area contributed by atoms with Crippen molar-refractivity contribution in [3.05, 3.63) is 88.7 Å². The Bertz CT molecular complexity index is 1180. The zero-order chi connectivity index (χ0) is 21.6. The van der Waals surface area contributed by atoms with Crippen LogP contribution in [-0.4, -0.2) is 31.4 Å². The van der Waals surface area contributed by atoms with Crippen molar-refractivity contribution in [2.24, 2.45) is 0 Å². The summed E-state index contributed by atoms with van der Waals surface area (Å²) in [6.45, 7) is 0.574. The first-order valence-corrected chi connectivity index (χ1v) is 11.1. The molecule has 31 heavy (non-hydrogen) atoms. The third kappa shape index (κ3) is 5.44. The Kier molecular flexibility index (Phi) is 6.86. The molecule has 1 amide bonds. The molecule has 0 aliphatic heterocycles. The molecule has 2 aromatic heterocycles. The lowest BCUT2D eigenvalue weighted by Crippen LogP contribution is -2.15. The van der Waals surface area contributed by atoms with Crippen molar-refractivity contribution in [1.29, 1.82) is 0 Å². The van der Waals surface area contributed by atoms with Gasteiger partial charge in [-0.15, -0.1) is 10.2 Å². The van der Waals surface area contributed by atoms with Crippen LogP contribution in [0.1, 0.15) is 5.56 Å². The maximum Gasteiger partial charge on any atom is 0.234 e. The van der Waals surface area contributed by atoms with E-state index in [1.807, 2.05) is 59.2 Å². The van der Waals surface area contributed by atoms with Crippen molar-refractivity contribution in [2.45, 2.75) is 11.7 Å². The third-order valence-corrected chi connectivity index (χ3v) is 5.89. The molecule has 156 valence electrons. The Hall–Kier alpha value is -2.87. The molecule has 0 aliphatic carbocycles. The molecule has 0 unspecified atom stereocenters. The maximum absolute atomic E-state index is 12.4. The number of nitrogens with one attached hydrogen (secondary N) is 1. The predicted molar refractivity (Wildman–Crippen MR) is 125 cm³/mol. The minimum absolute atomic E-state index is 0.152. The van der Waals surface area contributed by atoms with E-state index in [0.717, 1.165) is 11.1 Å². The second-order valence-electron chi connectivity index (χ2n) is 6.56. The average Bonchev–Trinajstić information content (AvgIpc) is 3.17. The van der Waals surface area contributed by atoms with Crippen molar-refractivity contribution < 1.29 is 4.79 Å². The van der Waals surface area contributed by atoms with E-state index in [1.54, 1.807) is 18.3 Å². The van der Waals surface area contributed by atoms with Gasteiger partial charge in [0.2, 0.25) is 5.91 Å². The van der Waals surface area contributed by atoms with Gasteiger partial charge in [-0.05, 0) is 42.0 Å². The molecule has 9 heteroatoms. The number of aromatic nitrogens is 4. The Labute approximate surface area is 193 Å². The highest BCUT2D eigenvalue weighted by molar-refractivity contribution is 7.99. The molecule has 0 aliphatic rings. The van der Waals surface area contributed by atoms with E-state index < -0.39 is 0 Å². The van der Waals surface area contributed by atoms with Crippen LogP contribution < -0.4 is 5.32 Å². The minimum Gasteiger partial charge on any atom is -0.323 e. The number of benzene rings is 2. The lowest BCUT2D eigenvalue weighted by Gasteiger charge is -2.11. The molecule has 2 aromatic carbocycles. The van der Waals surface area contributed by atoms with E-state index >= 15 is 0 Å². The van der Waals surface area contributed by atoms with E-state index in [1.165, 1.54) is 11.8 Å². The number of amides is 1. The average molecular weight is 470 g/mol. The molecular weight excluding hydrogens is 453 g/mol. The summed E-state index contributed by atoms with van der Waals surface area (Å²) in [6.07, 6.45) is 1.57. The van der Waals surface area contributed by atoms with Crippen LogP contribution in [0.2, 0.25) is 10.2 Å². The highest BCUT2D eigenvalue weighted by Gasteiger charge is 2.17. The van der Waals surface area contributed by atoms with Gasteiger partial charge in [0.1, 0.15) is 0 Å². The van der Waals surface area contributed by atoms with Gasteiger partial charge in [0.05, 0.1) is 18.0 Å². The topological polar surface area (TPSA) is 72.7 Å². The molecule has 1 N–H and O–H groups in total. The van der Waals surface area contributed by atoms with Crippen molar-refractivity contribution in [3.8, 4) is 11.4 Å². The molecule has 0 radical (unpaired) electrons. The Morgan fingerprint density at radius 1 is 0.968 bits per heavy atom. The van der Waals surface area contributed by atoms with Crippen LogP contribution in [-0.2, 0) is 11.3 Å². The predicted octanol–water partition coefficient (Wildman–Crippen LogP) is 5.43. The summed E-state index contributed by atoms with van der Waals surface area (Å²) < 4.78 is 1.99. The molecule has 0 spiro atoms. The summed E-state index contributed by atoms with van der Waals surface area (Å²) in [4.78, 5) is 16.4. The molecule has 2 heterocycles. The summed E-state index contributed by atoms with van der Waals surface area (Å²) >= 11 is 13.4. The lowest BCUT2D eigenvalue weighted by atomic mass is 10.2. The smallest absolute Gasteiger partial charge is 0.234 e. The zero-order valence-electron chi connectivity index (χ0n) is 16.2. The maximum atomic E-state index is 12.4. The van der Waals surface area contributed by atoms with Crippen molar-refractivity contribution in [1.82, 2.24) is 19.7 Å². The van der Waals surface area contributed by atoms with E-state index in [9.17, 15) is 4.79 Å². The molecular formula is C22H17Cl2N5OS. The molecule has 0 atom stereocenters. The van der Waals surface area contributed by atoms with Crippen LogP contribution in [0.3, 0.4) is 0 Å². The summed E-state index contributed by atoms with van der Waals surface area (Å²) in [5, 5.41) is 13.0. The normalized spacial score (nSPS) is 10.8. The number of hydrogen-bond donors (Lipinski definition) is 1. The molecule has 0 fully saturated rings. The largest absolute Gasteiger partial charge is 0.323 e. The fourth-order valence-electron chi connectivity index (χ4n) is 2.91. The van der Waals surface area contributed by atoms with E-state index in [0.29, 0.717) is 28.2 Å². The number of carbonyl (C=O) groups is 1. The zero-order valence-corrected chi connectivity index (χ0v) is 18.5. The number of nitrogens with zero attached hydrogens (tertiary/aromatic N) is 4. The number of halogens is 2. The van der Waals surface area contributed by atoms with Crippen LogP contribution in [0, 0.1) is 0 Å². The van der Waals surface area contributed by atoms with Gasteiger partial charge in [0, 0.05) is 16.8 Å². The number of anilines is 1. The summed E-state index contributed by atoms with van der Waals surface area (Å²) in [5.41, 5.74) is 2.47. The number of carbonyl (C=O) groups excluding carboxylic acids is 1. The van der Waals surface area contributed by atoms with Gasteiger partial charge in [0.15, 0.2) is 16.1 Å². The van der Waals surface area contributed by atoms with Crippen molar-refractivity contribution >= 4 is 46.6 Å². The first kappa shape index (κ1) is 21.4. The fourth-order valence-corrected chi connectivity index (χ4v) is 3.94.